The Morgan fingerprint density at radius 1 is 1.09 bits per heavy atom. The van der Waals surface area contributed by atoms with Gasteiger partial charge in [0.15, 0.2) is 5.58 Å². The highest BCUT2D eigenvalue weighted by molar-refractivity contribution is 5.74. The number of anilines is 1. The van der Waals surface area contributed by atoms with E-state index in [2.05, 4.69) is 27.4 Å². The van der Waals surface area contributed by atoms with E-state index in [-0.39, 0.29) is 6.04 Å². The predicted molar refractivity (Wildman–Crippen MR) is 83.7 cm³/mol. The average Bonchev–Trinajstić information content (AvgIpc) is 3.15. The molecule has 1 aromatic carbocycles. The molecular weight excluding hydrogens is 278 g/mol. The fraction of sp³-hybridized carbons (Fsp3) is 0.294. The number of hydrogen-bond acceptors (Lipinski definition) is 5. The van der Waals surface area contributed by atoms with Gasteiger partial charge in [-0.25, -0.2) is 0 Å². The molecule has 4 rings (SSSR count). The van der Waals surface area contributed by atoms with E-state index in [0.717, 1.165) is 24.1 Å². The summed E-state index contributed by atoms with van der Waals surface area (Å²) in [6, 6.07) is 12.7. The molecule has 5 heteroatoms. The molecule has 0 radical (unpaired) electrons. The molecule has 3 heterocycles. The largest absolute Gasteiger partial charge is 0.424 e. The summed E-state index contributed by atoms with van der Waals surface area (Å²) in [5.74, 6) is 0.400. The predicted octanol–water partition coefficient (Wildman–Crippen LogP) is 2.89. The molecule has 3 aromatic rings. The molecule has 1 fully saturated rings. The Morgan fingerprint density at radius 2 is 1.95 bits per heavy atom. The van der Waals surface area contributed by atoms with Gasteiger partial charge < -0.3 is 14.5 Å². The van der Waals surface area contributed by atoms with Crippen LogP contribution in [0.5, 0.6) is 0 Å². The van der Waals surface area contributed by atoms with Gasteiger partial charge in [-0.3, -0.25) is 4.98 Å². The Morgan fingerprint density at radius 3 is 2.82 bits per heavy atom. The molecule has 0 spiro atoms. The molecule has 112 valence electrons. The fourth-order valence-electron chi connectivity index (χ4n) is 2.87. The van der Waals surface area contributed by atoms with E-state index in [4.69, 9.17) is 9.15 Å². The molecule has 0 amide bonds. The lowest BCUT2D eigenvalue weighted by Gasteiger charge is -2.17. The fourth-order valence-corrected chi connectivity index (χ4v) is 2.87. The smallest absolute Gasteiger partial charge is 0.295 e. The van der Waals surface area contributed by atoms with Crippen LogP contribution in [0.4, 0.5) is 6.01 Å². The van der Waals surface area contributed by atoms with Gasteiger partial charge in [0.2, 0.25) is 0 Å². The minimum atomic E-state index is 0.209. The number of ether oxygens (including phenoxy) is 1. The second-order valence-electron chi connectivity index (χ2n) is 5.59. The van der Waals surface area contributed by atoms with Gasteiger partial charge in [0, 0.05) is 18.3 Å². The van der Waals surface area contributed by atoms with Crippen molar-refractivity contribution in [3.8, 4) is 0 Å². The highest BCUT2D eigenvalue weighted by atomic mass is 16.5. The van der Waals surface area contributed by atoms with Crippen LogP contribution in [0.2, 0.25) is 0 Å². The topological polar surface area (TPSA) is 60.2 Å². The number of nitrogens with zero attached hydrogens (tertiary/aromatic N) is 2. The summed E-state index contributed by atoms with van der Waals surface area (Å²) in [6.07, 6.45) is 4.61. The van der Waals surface area contributed by atoms with Crippen LogP contribution in [-0.2, 0) is 11.2 Å². The SMILES string of the molecule is c1ccc2oc(N[C@H]3COC[C@H]3Cc3ccncc3)nc2c1. The molecule has 0 aliphatic carbocycles. The molecule has 1 aliphatic heterocycles. The molecule has 0 bridgehead atoms. The first-order valence-corrected chi connectivity index (χ1v) is 7.47. The quantitative estimate of drug-likeness (QED) is 0.802. The van der Waals surface area contributed by atoms with Crippen molar-refractivity contribution < 1.29 is 9.15 Å². The number of aromatic nitrogens is 2. The van der Waals surface area contributed by atoms with Gasteiger partial charge >= 0.3 is 0 Å². The van der Waals surface area contributed by atoms with Crippen LogP contribution in [-0.4, -0.2) is 29.2 Å². The normalized spacial score (nSPS) is 21.3. The third kappa shape index (κ3) is 2.67. The van der Waals surface area contributed by atoms with Gasteiger partial charge in [0.05, 0.1) is 19.3 Å². The van der Waals surface area contributed by atoms with Crippen molar-refractivity contribution in [2.24, 2.45) is 5.92 Å². The lowest BCUT2D eigenvalue weighted by atomic mass is 9.95. The zero-order chi connectivity index (χ0) is 14.8. The molecule has 1 N–H and O–H groups in total. The van der Waals surface area contributed by atoms with Crippen molar-refractivity contribution in [2.75, 3.05) is 18.5 Å². The van der Waals surface area contributed by atoms with E-state index in [9.17, 15) is 0 Å². The Kier molecular flexibility index (Phi) is 3.48. The van der Waals surface area contributed by atoms with E-state index in [1.54, 1.807) is 0 Å². The van der Waals surface area contributed by atoms with Gasteiger partial charge in [-0.1, -0.05) is 12.1 Å². The van der Waals surface area contributed by atoms with Crippen LogP contribution in [0.1, 0.15) is 5.56 Å². The average molecular weight is 295 g/mol. The molecule has 0 saturated carbocycles. The molecule has 1 aliphatic rings. The Balaban J connectivity index is 1.49. The number of oxazole rings is 1. The first kappa shape index (κ1) is 13.3. The minimum Gasteiger partial charge on any atom is -0.424 e. The zero-order valence-corrected chi connectivity index (χ0v) is 12.1. The lowest BCUT2D eigenvalue weighted by molar-refractivity contribution is 0.185. The summed E-state index contributed by atoms with van der Waals surface area (Å²) in [5.41, 5.74) is 2.94. The van der Waals surface area contributed by atoms with E-state index in [0.29, 0.717) is 18.5 Å². The van der Waals surface area contributed by atoms with Crippen LogP contribution < -0.4 is 5.32 Å². The minimum absolute atomic E-state index is 0.209. The number of fused-ring (bicyclic) bond motifs is 1. The van der Waals surface area contributed by atoms with Crippen LogP contribution in [0.25, 0.3) is 11.1 Å². The number of hydrogen-bond donors (Lipinski definition) is 1. The van der Waals surface area contributed by atoms with Crippen molar-refractivity contribution >= 4 is 17.1 Å². The number of para-hydroxylation sites is 2. The number of nitrogens with one attached hydrogen (secondary N) is 1. The van der Waals surface area contributed by atoms with E-state index in [1.165, 1.54) is 5.56 Å². The Hall–Kier alpha value is -2.40. The van der Waals surface area contributed by atoms with E-state index >= 15 is 0 Å². The number of pyridine rings is 1. The maximum Gasteiger partial charge on any atom is 0.295 e. The van der Waals surface area contributed by atoms with E-state index in [1.807, 2.05) is 36.7 Å². The molecule has 0 unspecified atom stereocenters. The summed E-state index contributed by atoms with van der Waals surface area (Å²) in [5, 5.41) is 3.38. The van der Waals surface area contributed by atoms with Crippen LogP contribution in [0.15, 0.2) is 53.2 Å². The third-order valence-electron chi connectivity index (χ3n) is 4.05. The molecule has 2 atom stereocenters. The Bertz CT molecular complexity index is 724. The maximum atomic E-state index is 5.74. The van der Waals surface area contributed by atoms with Gasteiger partial charge in [-0.05, 0) is 36.2 Å². The van der Waals surface area contributed by atoms with Crippen LogP contribution in [0, 0.1) is 5.92 Å². The van der Waals surface area contributed by atoms with Crippen molar-refractivity contribution in [2.45, 2.75) is 12.5 Å². The molecule has 22 heavy (non-hydrogen) atoms. The van der Waals surface area contributed by atoms with Crippen molar-refractivity contribution in [3.05, 3.63) is 54.4 Å². The highest BCUT2D eigenvalue weighted by Crippen LogP contribution is 2.24. The highest BCUT2D eigenvalue weighted by Gasteiger charge is 2.29. The van der Waals surface area contributed by atoms with Crippen molar-refractivity contribution in [3.63, 3.8) is 0 Å². The second-order valence-corrected chi connectivity index (χ2v) is 5.59. The van der Waals surface area contributed by atoms with Crippen molar-refractivity contribution in [1.29, 1.82) is 0 Å². The Labute approximate surface area is 128 Å². The second kappa shape index (κ2) is 5.77. The first-order valence-electron chi connectivity index (χ1n) is 7.47. The standard InChI is InChI=1S/C17H17N3O2/c1-2-4-16-14(3-1)19-17(22-16)20-15-11-21-10-13(15)9-12-5-7-18-8-6-12/h1-8,13,15H,9-11H2,(H,19,20)/t13-,15+/m1/s1. The molecular formula is C17H17N3O2. The summed E-state index contributed by atoms with van der Waals surface area (Å²) in [4.78, 5) is 8.53. The summed E-state index contributed by atoms with van der Waals surface area (Å²) >= 11 is 0. The third-order valence-corrected chi connectivity index (χ3v) is 4.05. The molecule has 1 saturated heterocycles. The molecule has 5 nitrogen and oxygen atoms in total. The van der Waals surface area contributed by atoms with Crippen LogP contribution >= 0.6 is 0 Å². The van der Waals surface area contributed by atoms with Crippen LogP contribution in [0.3, 0.4) is 0 Å². The first-order chi connectivity index (χ1) is 10.9. The van der Waals surface area contributed by atoms with Gasteiger partial charge in [-0.15, -0.1) is 0 Å². The van der Waals surface area contributed by atoms with Gasteiger partial charge in [-0.2, -0.15) is 4.98 Å². The summed E-state index contributed by atoms with van der Waals surface area (Å²) in [6.45, 7) is 1.43. The maximum absolute atomic E-state index is 5.74. The van der Waals surface area contributed by atoms with Gasteiger partial charge in [0.25, 0.3) is 6.01 Å². The zero-order valence-electron chi connectivity index (χ0n) is 12.1. The summed E-state index contributed by atoms with van der Waals surface area (Å²) in [7, 11) is 0. The van der Waals surface area contributed by atoms with Crippen molar-refractivity contribution in [1.82, 2.24) is 9.97 Å². The number of rotatable bonds is 4. The monoisotopic (exact) mass is 295 g/mol. The summed E-state index contributed by atoms with van der Waals surface area (Å²) < 4.78 is 11.4. The molecule has 2 aromatic heterocycles. The van der Waals surface area contributed by atoms with Gasteiger partial charge in [0.1, 0.15) is 5.52 Å². The van der Waals surface area contributed by atoms with E-state index < -0.39 is 0 Å². The number of benzene rings is 1. The lowest BCUT2D eigenvalue weighted by Crippen LogP contribution is -2.29.